The maximum absolute atomic E-state index is 13.4. The van der Waals surface area contributed by atoms with E-state index in [4.69, 9.17) is 13.7 Å². The van der Waals surface area contributed by atoms with E-state index in [1.54, 1.807) is 24.3 Å². The molecule has 1 aromatic rings. The lowest BCUT2D eigenvalue weighted by atomic mass is 9.64. The van der Waals surface area contributed by atoms with Gasteiger partial charge in [0.25, 0.3) is 10.1 Å². The molecule has 3 aliphatic carbocycles. The Kier molecular flexibility index (Phi) is 6.17. The minimum absolute atomic E-state index is 0.0515. The van der Waals surface area contributed by atoms with Crippen LogP contribution in [0.5, 0.6) is 0 Å². The minimum Gasteiger partial charge on any atom is -0.462 e. The number of esters is 2. The van der Waals surface area contributed by atoms with Crippen molar-refractivity contribution in [1.82, 2.24) is 0 Å². The molecule has 1 unspecified atom stereocenters. The van der Waals surface area contributed by atoms with E-state index in [1.165, 1.54) is 13.8 Å². The zero-order chi connectivity index (χ0) is 25.2. The van der Waals surface area contributed by atoms with Crippen LogP contribution >= 0.6 is 0 Å². The summed E-state index contributed by atoms with van der Waals surface area (Å²) >= 11 is 0. The highest BCUT2D eigenvalue weighted by molar-refractivity contribution is 7.86. The molecule has 0 aromatic heterocycles. The Morgan fingerprint density at radius 3 is 2.03 bits per heavy atom. The maximum atomic E-state index is 13.4. The van der Waals surface area contributed by atoms with Gasteiger partial charge in [0.05, 0.1) is 11.0 Å². The highest BCUT2D eigenvalue weighted by Gasteiger charge is 2.74. The first-order valence-electron chi connectivity index (χ1n) is 12.0. The smallest absolute Gasteiger partial charge is 0.302 e. The molecule has 4 bridgehead atoms. The third-order valence-corrected chi connectivity index (χ3v) is 10.1. The standard InChI is InChI=1S/C26H36O7S/c1-14-8-10-18(11-9-14)34(29,30)33-24-19-12-15(2)22-23(19)25(5,6)20(31-16(3)27)13-21(26(22,24)7)32-17(4)28/h8-11,15,19-24H,12-13H2,1-7H3/t15-,19+,20+,21+,22-,23+,24?,26+/m0/s1. The molecule has 34 heavy (non-hydrogen) atoms. The maximum Gasteiger partial charge on any atom is 0.302 e. The molecule has 8 atom stereocenters. The van der Waals surface area contributed by atoms with Crippen LogP contribution in [0.2, 0.25) is 0 Å². The average molecular weight is 493 g/mol. The second-order valence-electron chi connectivity index (χ2n) is 11.3. The van der Waals surface area contributed by atoms with Crippen molar-refractivity contribution in [3.63, 3.8) is 0 Å². The molecule has 0 amide bonds. The van der Waals surface area contributed by atoms with Crippen molar-refractivity contribution in [2.75, 3.05) is 0 Å². The predicted molar refractivity (Wildman–Crippen MR) is 125 cm³/mol. The molecular weight excluding hydrogens is 456 g/mol. The van der Waals surface area contributed by atoms with Crippen molar-refractivity contribution in [2.45, 2.75) is 84.5 Å². The first-order chi connectivity index (χ1) is 15.7. The van der Waals surface area contributed by atoms with Crippen LogP contribution in [-0.4, -0.2) is 38.7 Å². The summed E-state index contributed by atoms with van der Waals surface area (Å²) in [7, 11) is -4.04. The molecule has 0 N–H and O–H groups in total. The number of hydrogen-bond donors (Lipinski definition) is 0. The second-order valence-corrected chi connectivity index (χ2v) is 12.9. The monoisotopic (exact) mass is 492 g/mol. The van der Waals surface area contributed by atoms with Gasteiger partial charge in [-0.15, -0.1) is 0 Å². The molecule has 0 aliphatic heterocycles. The van der Waals surface area contributed by atoms with Crippen molar-refractivity contribution in [3.8, 4) is 0 Å². The van der Waals surface area contributed by atoms with Gasteiger partial charge in [-0.2, -0.15) is 8.42 Å². The number of carbonyl (C=O) groups is 2. The fourth-order valence-corrected chi connectivity index (χ4v) is 8.74. The number of carbonyl (C=O) groups excluding carboxylic acids is 2. The molecular formula is C26H36O7S. The van der Waals surface area contributed by atoms with Gasteiger partial charge in [-0.1, -0.05) is 45.4 Å². The average Bonchev–Trinajstić information content (AvgIpc) is 3.16. The molecule has 7 nitrogen and oxygen atoms in total. The number of rotatable bonds is 5. The van der Waals surface area contributed by atoms with E-state index in [-0.39, 0.29) is 34.5 Å². The molecule has 8 heteroatoms. The summed E-state index contributed by atoms with van der Waals surface area (Å²) in [6.07, 6.45) is -0.630. The van der Waals surface area contributed by atoms with Gasteiger partial charge >= 0.3 is 11.9 Å². The van der Waals surface area contributed by atoms with E-state index in [0.717, 1.165) is 12.0 Å². The fraction of sp³-hybridized carbons (Fsp3) is 0.692. The number of aryl methyl sites for hydroxylation is 1. The Morgan fingerprint density at radius 2 is 1.47 bits per heavy atom. The lowest BCUT2D eigenvalue weighted by Crippen LogP contribution is -2.53. The molecule has 188 valence electrons. The Hall–Kier alpha value is -1.93. The first-order valence-corrected chi connectivity index (χ1v) is 13.4. The van der Waals surface area contributed by atoms with E-state index < -0.39 is 45.2 Å². The van der Waals surface area contributed by atoms with Gasteiger partial charge in [-0.05, 0) is 49.1 Å². The second kappa shape index (κ2) is 8.33. The van der Waals surface area contributed by atoms with Gasteiger partial charge in [0, 0.05) is 31.1 Å². The molecule has 4 rings (SSSR count). The Labute approximate surface area is 202 Å². The number of ether oxygens (including phenoxy) is 2. The van der Waals surface area contributed by atoms with Crippen LogP contribution in [0, 0.1) is 41.4 Å². The summed E-state index contributed by atoms with van der Waals surface area (Å²) in [5.74, 6) is -0.504. The van der Waals surface area contributed by atoms with Crippen LogP contribution in [0.15, 0.2) is 29.2 Å². The predicted octanol–water partition coefficient (Wildman–Crippen LogP) is 4.27. The molecule has 3 saturated carbocycles. The molecule has 0 radical (unpaired) electrons. The summed E-state index contributed by atoms with van der Waals surface area (Å²) < 4.78 is 44.5. The summed E-state index contributed by atoms with van der Waals surface area (Å²) in [4.78, 5) is 24.3. The van der Waals surface area contributed by atoms with Crippen LogP contribution in [0.25, 0.3) is 0 Å². The zero-order valence-corrected chi connectivity index (χ0v) is 21.8. The Bertz CT molecular complexity index is 1080. The summed E-state index contributed by atoms with van der Waals surface area (Å²) in [5.41, 5.74) is -0.240. The zero-order valence-electron chi connectivity index (χ0n) is 21.0. The minimum atomic E-state index is -4.04. The van der Waals surface area contributed by atoms with Crippen molar-refractivity contribution in [2.24, 2.45) is 34.5 Å². The molecule has 3 aliphatic rings. The van der Waals surface area contributed by atoms with E-state index in [0.29, 0.717) is 6.42 Å². The molecule has 1 aromatic carbocycles. The lowest BCUT2D eigenvalue weighted by molar-refractivity contribution is -0.174. The van der Waals surface area contributed by atoms with Crippen molar-refractivity contribution >= 4 is 22.1 Å². The van der Waals surface area contributed by atoms with Crippen LogP contribution < -0.4 is 0 Å². The third kappa shape index (κ3) is 3.87. The van der Waals surface area contributed by atoms with Gasteiger partial charge in [0.1, 0.15) is 12.2 Å². The fourth-order valence-electron chi connectivity index (χ4n) is 7.53. The molecule has 3 fully saturated rings. The summed E-state index contributed by atoms with van der Waals surface area (Å²) in [5, 5.41) is 0. The Balaban J connectivity index is 1.81. The van der Waals surface area contributed by atoms with Gasteiger partial charge in [-0.25, -0.2) is 0 Å². The molecule has 0 spiro atoms. The quantitative estimate of drug-likeness (QED) is 0.447. The van der Waals surface area contributed by atoms with E-state index in [1.807, 2.05) is 13.8 Å². The third-order valence-electron chi connectivity index (χ3n) is 8.79. The topological polar surface area (TPSA) is 96.0 Å². The summed E-state index contributed by atoms with van der Waals surface area (Å²) in [6.45, 7) is 13.0. The first kappa shape index (κ1) is 25.2. The lowest BCUT2D eigenvalue weighted by Gasteiger charge is -2.47. The van der Waals surface area contributed by atoms with Gasteiger partial charge in [0.2, 0.25) is 0 Å². The van der Waals surface area contributed by atoms with Crippen LogP contribution in [0.1, 0.15) is 59.9 Å². The number of hydrogen-bond acceptors (Lipinski definition) is 7. The van der Waals surface area contributed by atoms with Crippen molar-refractivity contribution < 1.29 is 31.7 Å². The van der Waals surface area contributed by atoms with Crippen LogP contribution in [0.4, 0.5) is 0 Å². The van der Waals surface area contributed by atoms with Crippen LogP contribution in [0.3, 0.4) is 0 Å². The van der Waals surface area contributed by atoms with E-state index >= 15 is 0 Å². The van der Waals surface area contributed by atoms with E-state index in [2.05, 4.69) is 20.8 Å². The van der Waals surface area contributed by atoms with E-state index in [9.17, 15) is 18.0 Å². The summed E-state index contributed by atoms with van der Waals surface area (Å²) in [6, 6.07) is 6.62. The molecule has 0 heterocycles. The Morgan fingerprint density at radius 1 is 0.912 bits per heavy atom. The normalized spacial score (nSPS) is 38.3. The van der Waals surface area contributed by atoms with Crippen LogP contribution in [-0.2, 0) is 33.4 Å². The molecule has 0 saturated heterocycles. The van der Waals surface area contributed by atoms with Gasteiger partial charge in [0.15, 0.2) is 0 Å². The highest BCUT2D eigenvalue weighted by Crippen LogP contribution is 2.71. The van der Waals surface area contributed by atoms with Crippen molar-refractivity contribution in [1.29, 1.82) is 0 Å². The van der Waals surface area contributed by atoms with Gasteiger partial charge in [-0.3, -0.25) is 13.8 Å². The van der Waals surface area contributed by atoms with Crippen molar-refractivity contribution in [3.05, 3.63) is 29.8 Å². The largest absolute Gasteiger partial charge is 0.462 e. The van der Waals surface area contributed by atoms with Gasteiger partial charge < -0.3 is 9.47 Å². The highest BCUT2D eigenvalue weighted by atomic mass is 32.2. The SMILES string of the molecule is CC(=O)O[C@@H]1C[C@@H](OC(C)=O)[C@@]2(C)C(OS(=O)(=O)c3ccc(C)cc3)[C@@H]3C[C@H](C)[C@H]2[C@@H]3C1(C)C. The number of benzene rings is 1.